The van der Waals surface area contributed by atoms with Crippen LogP contribution in [0.15, 0.2) is 18.2 Å². The average Bonchev–Trinajstić information content (AvgIpc) is 2.27. The molecule has 1 atom stereocenters. The van der Waals surface area contributed by atoms with Crippen LogP contribution in [-0.4, -0.2) is 33.3 Å². The smallest absolute Gasteiger partial charge is 0.339 e. The standard InChI is InChI=1S/C11H13NO6/c1-7-3-4-8(5-9(7)12(16)17)18-6-11(2,15)10(13)14/h3-5,15H,6H2,1-2H3,(H,13,14). The summed E-state index contributed by atoms with van der Waals surface area (Å²) in [6.45, 7) is 2.16. The van der Waals surface area contributed by atoms with Crippen LogP contribution >= 0.6 is 0 Å². The summed E-state index contributed by atoms with van der Waals surface area (Å²) in [7, 11) is 0. The van der Waals surface area contributed by atoms with Gasteiger partial charge in [0.25, 0.3) is 5.69 Å². The highest BCUT2D eigenvalue weighted by Crippen LogP contribution is 2.24. The lowest BCUT2D eigenvalue weighted by atomic mass is 10.1. The Kier molecular flexibility index (Phi) is 3.87. The molecule has 1 aromatic carbocycles. The highest BCUT2D eigenvalue weighted by atomic mass is 16.6. The van der Waals surface area contributed by atoms with Gasteiger partial charge in [-0.15, -0.1) is 0 Å². The fourth-order valence-electron chi connectivity index (χ4n) is 1.16. The molecule has 1 unspecified atom stereocenters. The number of nitro groups is 1. The third-order valence-electron chi connectivity index (χ3n) is 2.36. The lowest BCUT2D eigenvalue weighted by Crippen LogP contribution is -2.41. The molecule has 2 N–H and O–H groups in total. The Hall–Kier alpha value is -2.15. The number of carboxylic acid groups (broad SMARTS) is 1. The van der Waals surface area contributed by atoms with Crippen molar-refractivity contribution in [1.82, 2.24) is 0 Å². The van der Waals surface area contributed by atoms with Gasteiger partial charge in [-0.25, -0.2) is 4.79 Å². The molecular formula is C11H13NO6. The maximum absolute atomic E-state index is 10.7. The molecule has 0 saturated heterocycles. The molecule has 0 aliphatic heterocycles. The highest BCUT2D eigenvalue weighted by molar-refractivity contribution is 5.76. The maximum atomic E-state index is 10.7. The first kappa shape index (κ1) is 13.9. The van der Waals surface area contributed by atoms with E-state index in [1.807, 2.05) is 0 Å². The van der Waals surface area contributed by atoms with Crippen LogP contribution in [0.1, 0.15) is 12.5 Å². The van der Waals surface area contributed by atoms with Crippen molar-refractivity contribution < 1.29 is 24.7 Å². The van der Waals surface area contributed by atoms with Crippen molar-refractivity contribution in [3.8, 4) is 5.75 Å². The third kappa shape index (κ3) is 3.17. The summed E-state index contributed by atoms with van der Waals surface area (Å²) in [6, 6.07) is 4.15. The van der Waals surface area contributed by atoms with Crippen molar-refractivity contribution >= 4 is 11.7 Å². The lowest BCUT2D eigenvalue weighted by molar-refractivity contribution is -0.385. The Balaban J connectivity index is 2.84. The van der Waals surface area contributed by atoms with E-state index in [1.165, 1.54) is 18.2 Å². The number of hydrogen-bond donors (Lipinski definition) is 2. The zero-order valence-corrected chi connectivity index (χ0v) is 9.91. The van der Waals surface area contributed by atoms with E-state index in [1.54, 1.807) is 6.92 Å². The molecule has 1 rings (SSSR count). The van der Waals surface area contributed by atoms with E-state index < -0.39 is 23.1 Å². The van der Waals surface area contributed by atoms with Crippen LogP contribution < -0.4 is 4.74 Å². The number of carbonyl (C=O) groups is 1. The van der Waals surface area contributed by atoms with E-state index >= 15 is 0 Å². The molecule has 0 saturated carbocycles. The van der Waals surface area contributed by atoms with Crippen LogP contribution in [0.5, 0.6) is 5.75 Å². The Bertz CT molecular complexity index is 482. The van der Waals surface area contributed by atoms with E-state index in [0.29, 0.717) is 5.56 Å². The van der Waals surface area contributed by atoms with Crippen LogP contribution in [0.3, 0.4) is 0 Å². The number of nitro benzene ring substituents is 1. The summed E-state index contributed by atoms with van der Waals surface area (Å²) in [6.07, 6.45) is 0. The van der Waals surface area contributed by atoms with Gasteiger partial charge in [0, 0.05) is 5.56 Å². The topological polar surface area (TPSA) is 110 Å². The first-order valence-corrected chi connectivity index (χ1v) is 5.07. The monoisotopic (exact) mass is 255 g/mol. The molecule has 0 aliphatic rings. The number of ether oxygens (including phenoxy) is 1. The molecule has 1 aromatic rings. The zero-order valence-electron chi connectivity index (χ0n) is 9.91. The summed E-state index contributed by atoms with van der Waals surface area (Å²) in [4.78, 5) is 20.8. The minimum absolute atomic E-state index is 0.123. The number of aliphatic carboxylic acids is 1. The van der Waals surface area contributed by atoms with Crippen molar-refractivity contribution in [3.05, 3.63) is 33.9 Å². The molecule has 0 heterocycles. The van der Waals surface area contributed by atoms with E-state index in [0.717, 1.165) is 6.92 Å². The summed E-state index contributed by atoms with van der Waals surface area (Å²) in [5, 5.41) is 28.8. The van der Waals surface area contributed by atoms with Gasteiger partial charge in [0.15, 0.2) is 5.60 Å². The highest BCUT2D eigenvalue weighted by Gasteiger charge is 2.31. The van der Waals surface area contributed by atoms with E-state index in [4.69, 9.17) is 9.84 Å². The van der Waals surface area contributed by atoms with Crippen molar-refractivity contribution in [1.29, 1.82) is 0 Å². The Morgan fingerprint density at radius 1 is 1.56 bits per heavy atom. The molecule has 0 radical (unpaired) electrons. The molecule has 18 heavy (non-hydrogen) atoms. The Morgan fingerprint density at radius 2 is 2.17 bits per heavy atom. The van der Waals surface area contributed by atoms with Crippen molar-refractivity contribution in [3.63, 3.8) is 0 Å². The first-order valence-electron chi connectivity index (χ1n) is 5.07. The van der Waals surface area contributed by atoms with Crippen LogP contribution in [-0.2, 0) is 4.79 Å². The second kappa shape index (κ2) is 5.01. The van der Waals surface area contributed by atoms with Gasteiger partial charge >= 0.3 is 5.97 Å². The van der Waals surface area contributed by atoms with Crippen LogP contribution in [0.2, 0.25) is 0 Å². The summed E-state index contributed by atoms with van der Waals surface area (Å²) < 4.78 is 5.04. The second-order valence-electron chi connectivity index (χ2n) is 4.07. The summed E-state index contributed by atoms with van der Waals surface area (Å²) in [5.74, 6) is -1.29. The van der Waals surface area contributed by atoms with Gasteiger partial charge in [0.05, 0.1) is 11.0 Å². The van der Waals surface area contributed by atoms with Crippen LogP contribution in [0, 0.1) is 17.0 Å². The molecule has 7 heteroatoms. The van der Waals surface area contributed by atoms with Gasteiger partial charge in [-0.05, 0) is 26.0 Å². The van der Waals surface area contributed by atoms with Crippen LogP contribution in [0.4, 0.5) is 5.69 Å². The predicted molar refractivity (Wildman–Crippen MR) is 61.6 cm³/mol. The number of carboxylic acids is 1. The van der Waals surface area contributed by atoms with Gasteiger partial charge < -0.3 is 14.9 Å². The minimum atomic E-state index is -2.04. The molecule has 0 amide bonds. The molecular weight excluding hydrogens is 242 g/mol. The van der Waals surface area contributed by atoms with Crippen LogP contribution in [0.25, 0.3) is 0 Å². The third-order valence-corrected chi connectivity index (χ3v) is 2.36. The SMILES string of the molecule is Cc1ccc(OCC(C)(O)C(=O)O)cc1[N+](=O)[O-]. The lowest BCUT2D eigenvalue weighted by Gasteiger charge is -2.18. The fraction of sp³-hybridized carbons (Fsp3) is 0.364. The molecule has 0 bridgehead atoms. The quantitative estimate of drug-likeness (QED) is 0.602. The average molecular weight is 255 g/mol. The van der Waals surface area contributed by atoms with E-state index in [-0.39, 0.29) is 11.4 Å². The number of nitrogens with zero attached hydrogens (tertiary/aromatic N) is 1. The Morgan fingerprint density at radius 3 is 2.67 bits per heavy atom. The number of benzene rings is 1. The number of hydrogen-bond acceptors (Lipinski definition) is 5. The summed E-state index contributed by atoms with van der Waals surface area (Å²) in [5.41, 5.74) is -1.69. The number of aliphatic hydroxyl groups is 1. The molecule has 0 aromatic heterocycles. The zero-order chi connectivity index (χ0) is 13.9. The Labute approximate surface area is 103 Å². The minimum Gasteiger partial charge on any atom is -0.490 e. The van der Waals surface area contributed by atoms with Gasteiger partial charge in [0.2, 0.25) is 0 Å². The van der Waals surface area contributed by atoms with Gasteiger partial charge in [-0.1, -0.05) is 0 Å². The fourth-order valence-corrected chi connectivity index (χ4v) is 1.16. The van der Waals surface area contributed by atoms with Crippen molar-refractivity contribution in [2.75, 3.05) is 6.61 Å². The molecule has 7 nitrogen and oxygen atoms in total. The molecule has 0 fully saturated rings. The normalized spacial score (nSPS) is 13.7. The maximum Gasteiger partial charge on any atom is 0.339 e. The van der Waals surface area contributed by atoms with Gasteiger partial charge in [-0.2, -0.15) is 0 Å². The molecule has 0 spiro atoms. The van der Waals surface area contributed by atoms with Crippen molar-refractivity contribution in [2.45, 2.75) is 19.4 Å². The first-order chi connectivity index (χ1) is 8.24. The molecule has 0 aliphatic carbocycles. The van der Waals surface area contributed by atoms with E-state index in [9.17, 15) is 20.0 Å². The molecule has 98 valence electrons. The largest absolute Gasteiger partial charge is 0.490 e. The van der Waals surface area contributed by atoms with Crippen molar-refractivity contribution in [2.24, 2.45) is 0 Å². The summed E-state index contributed by atoms with van der Waals surface area (Å²) >= 11 is 0. The van der Waals surface area contributed by atoms with E-state index in [2.05, 4.69) is 0 Å². The number of rotatable bonds is 5. The number of aryl methyl sites for hydroxylation is 1. The van der Waals surface area contributed by atoms with Gasteiger partial charge in [0.1, 0.15) is 12.4 Å². The predicted octanol–water partition coefficient (Wildman–Crippen LogP) is 1.12. The van der Waals surface area contributed by atoms with Gasteiger partial charge in [-0.3, -0.25) is 10.1 Å². The second-order valence-corrected chi connectivity index (χ2v) is 4.07.